The van der Waals surface area contributed by atoms with Crippen molar-refractivity contribution in [3.63, 3.8) is 0 Å². The average molecular weight is 238 g/mol. The Kier molecular flexibility index (Phi) is 3.20. The lowest BCUT2D eigenvalue weighted by atomic mass is 9.60. The standard InChI is InChI=1S/C15H26O2/c16-9-15(10-17)13-7-6-12(8-13)14(15)11-4-2-1-3-5-11/h11-14,16-17H,1-10H2. The zero-order valence-electron chi connectivity index (χ0n) is 10.8. The van der Waals surface area contributed by atoms with E-state index in [9.17, 15) is 10.2 Å². The van der Waals surface area contributed by atoms with Gasteiger partial charge in [-0.05, 0) is 42.9 Å². The Bertz CT molecular complexity index is 266. The van der Waals surface area contributed by atoms with Gasteiger partial charge in [0.05, 0.1) is 13.2 Å². The fourth-order valence-corrected chi connectivity index (χ4v) is 5.47. The van der Waals surface area contributed by atoms with E-state index in [2.05, 4.69) is 0 Å². The van der Waals surface area contributed by atoms with Gasteiger partial charge in [-0.25, -0.2) is 0 Å². The van der Waals surface area contributed by atoms with Crippen molar-refractivity contribution in [2.45, 2.75) is 51.4 Å². The summed E-state index contributed by atoms with van der Waals surface area (Å²) in [5, 5.41) is 19.8. The van der Waals surface area contributed by atoms with Crippen LogP contribution in [0.3, 0.4) is 0 Å². The summed E-state index contributed by atoms with van der Waals surface area (Å²) < 4.78 is 0. The van der Waals surface area contributed by atoms with Gasteiger partial charge in [-0.3, -0.25) is 0 Å². The van der Waals surface area contributed by atoms with Crippen LogP contribution in [0.1, 0.15) is 51.4 Å². The van der Waals surface area contributed by atoms with Gasteiger partial charge in [0, 0.05) is 5.41 Å². The molecular formula is C15H26O2. The summed E-state index contributed by atoms with van der Waals surface area (Å²) in [5.41, 5.74) is -0.120. The first-order valence-corrected chi connectivity index (χ1v) is 7.53. The number of hydrogen-bond donors (Lipinski definition) is 2. The molecule has 17 heavy (non-hydrogen) atoms. The van der Waals surface area contributed by atoms with Crippen molar-refractivity contribution < 1.29 is 10.2 Å². The molecule has 3 aliphatic carbocycles. The number of fused-ring (bicyclic) bond motifs is 2. The van der Waals surface area contributed by atoms with Crippen LogP contribution in [-0.2, 0) is 0 Å². The average Bonchev–Trinajstić information content (AvgIpc) is 2.98. The molecule has 3 aliphatic rings. The second-order valence-corrected chi connectivity index (χ2v) is 6.74. The highest BCUT2D eigenvalue weighted by atomic mass is 16.3. The molecule has 0 spiro atoms. The normalized spacial score (nSPS) is 40.9. The third kappa shape index (κ3) is 1.67. The molecule has 3 atom stereocenters. The molecule has 98 valence electrons. The topological polar surface area (TPSA) is 40.5 Å². The minimum absolute atomic E-state index is 0.120. The van der Waals surface area contributed by atoms with E-state index in [0.29, 0.717) is 11.8 Å². The zero-order chi connectivity index (χ0) is 11.9. The van der Waals surface area contributed by atoms with E-state index in [1.807, 2.05) is 0 Å². The van der Waals surface area contributed by atoms with Gasteiger partial charge in [-0.2, -0.15) is 0 Å². The largest absolute Gasteiger partial charge is 0.396 e. The number of hydrogen-bond acceptors (Lipinski definition) is 2. The van der Waals surface area contributed by atoms with Crippen LogP contribution in [0.15, 0.2) is 0 Å². The van der Waals surface area contributed by atoms with Crippen molar-refractivity contribution in [1.29, 1.82) is 0 Å². The number of aliphatic hydroxyl groups excluding tert-OH is 2. The second kappa shape index (κ2) is 4.55. The van der Waals surface area contributed by atoms with Gasteiger partial charge >= 0.3 is 0 Å². The summed E-state index contributed by atoms with van der Waals surface area (Å²) in [7, 11) is 0. The van der Waals surface area contributed by atoms with Gasteiger partial charge < -0.3 is 10.2 Å². The Morgan fingerprint density at radius 2 is 1.53 bits per heavy atom. The highest BCUT2D eigenvalue weighted by molar-refractivity contribution is 5.07. The molecule has 0 radical (unpaired) electrons. The molecule has 3 rings (SSSR count). The van der Waals surface area contributed by atoms with Crippen molar-refractivity contribution >= 4 is 0 Å². The summed E-state index contributed by atoms with van der Waals surface area (Å²) in [6.07, 6.45) is 10.7. The fourth-order valence-electron chi connectivity index (χ4n) is 5.47. The zero-order valence-corrected chi connectivity index (χ0v) is 10.8. The SMILES string of the molecule is OCC1(CO)C2CCC(C2)C1C1CCCCC1. The minimum atomic E-state index is -0.120. The highest BCUT2D eigenvalue weighted by Crippen LogP contribution is 2.63. The maximum atomic E-state index is 9.88. The van der Waals surface area contributed by atoms with Crippen molar-refractivity contribution in [3.8, 4) is 0 Å². The molecule has 2 nitrogen and oxygen atoms in total. The lowest BCUT2D eigenvalue weighted by Gasteiger charge is -2.46. The lowest BCUT2D eigenvalue weighted by molar-refractivity contribution is -0.0632. The van der Waals surface area contributed by atoms with E-state index in [1.165, 1.54) is 51.4 Å². The number of rotatable bonds is 3. The molecule has 0 aromatic heterocycles. The molecular weight excluding hydrogens is 212 g/mol. The van der Waals surface area contributed by atoms with Crippen LogP contribution in [-0.4, -0.2) is 23.4 Å². The van der Waals surface area contributed by atoms with E-state index in [-0.39, 0.29) is 18.6 Å². The van der Waals surface area contributed by atoms with Crippen LogP contribution in [0.5, 0.6) is 0 Å². The van der Waals surface area contributed by atoms with E-state index in [1.54, 1.807) is 0 Å². The molecule has 0 aliphatic heterocycles. The molecule has 2 N–H and O–H groups in total. The molecule has 2 heteroatoms. The first-order chi connectivity index (χ1) is 8.31. The van der Waals surface area contributed by atoms with Gasteiger partial charge in [-0.1, -0.05) is 32.1 Å². The van der Waals surface area contributed by atoms with Crippen molar-refractivity contribution in [3.05, 3.63) is 0 Å². The van der Waals surface area contributed by atoms with Gasteiger partial charge in [0.1, 0.15) is 0 Å². The maximum absolute atomic E-state index is 9.88. The van der Waals surface area contributed by atoms with Gasteiger partial charge in [0.15, 0.2) is 0 Å². The third-order valence-electron chi connectivity index (χ3n) is 6.20. The summed E-state index contributed by atoms with van der Waals surface area (Å²) in [4.78, 5) is 0. The van der Waals surface area contributed by atoms with Crippen LogP contribution in [0.25, 0.3) is 0 Å². The lowest BCUT2D eigenvalue weighted by Crippen LogP contribution is -2.46. The van der Waals surface area contributed by atoms with Crippen LogP contribution < -0.4 is 0 Å². The Morgan fingerprint density at radius 1 is 0.824 bits per heavy atom. The van der Waals surface area contributed by atoms with E-state index >= 15 is 0 Å². The van der Waals surface area contributed by atoms with Crippen LogP contribution in [0, 0.1) is 29.1 Å². The minimum Gasteiger partial charge on any atom is -0.396 e. The molecule has 3 fully saturated rings. The molecule has 0 aromatic rings. The van der Waals surface area contributed by atoms with Gasteiger partial charge in [0.25, 0.3) is 0 Å². The molecule has 0 amide bonds. The van der Waals surface area contributed by atoms with Crippen LogP contribution in [0.2, 0.25) is 0 Å². The second-order valence-electron chi connectivity index (χ2n) is 6.74. The summed E-state index contributed by atoms with van der Waals surface area (Å²) in [6.45, 7) is 0.428. The molecule has 0 aromatic carbocycles. The predicted molar refractivity (Wildman–Crippen MR) is 67.5 cm³/mol. The third-order valence-corrected chi connectivity index (χ3v) is 6.20. The smallest absolute Gasteiger partial charge is 0.0514 e. The van der Waals surface area contributed by atoms with E-state index in [0.717, 1.165) is 11.8 Å². The first kappa shape index (κ1) is 12.0. The first-order valence-electron chi connectivity index (χ1n) is 7.53. The Labute approximate surface area is 104 Å². The Morgan fingerprint density at radius 3 is 2.18 bits per heavy atom. The molecule has 3 unspecified atom stereocenters. The van der Waals surface area contributed by atoms with Gasteiger partial charge in [0.2, 0.25) is 0 Å². The van der Waals surface area contributed by atoms with Crippen LogP contribution in [0.4, 0.5) is 0 Å². The quantitative estimate of drug-likeness (QED) is 0.793. The Hall–Kier alpha value is -0.0800. The monoisotopic (exact) mass is 238 g/mol. The summed E-state index contributed by atoms with van der Waals surface area (Å²) in [6, 6.07) is 0. The Balaban J connectivity index is 1.84. The van der Waals surface area contributed by atoms with Crippen molar-refractivity contribution in [1.82, 2.24) is 0 Å². The summed E-state index contributed by atoms with van der Waals surface area (Å²) in [5.74, 6) is 2.83. The molecule has 0 saturated heterocycles. The summed E-state index contributed by atoms with van der Waals surface area (Å²) >= 11 is 0. The highest BCUT2D eigenvalue weighted by Gasteiger charge is 2.59. The molecule has 3 saturated carbocycles. The fraction of sp³-hybridized carbons (Fsp3) is 1.00. The van der Waals surface area contributed by atoms with Crippen molar-refractivity contribution in [2.75, 3.05) is 13.2 Å². The van der Waals surface area contributed by atoms with Crippen molar-refractivity contribution in [2.24, 2.45) is 29.1 Å². The van der Waals surface area contributed by atoms with Gasteiger partial charge in [-0.15, -0.1) is 0 Å². The van der Waals surface area contributed by atoms with E-state index in [4.69, 9.17) is 0 Å². The molecule has 0 heterocycles. The van der Waals surface area contributed by atoms with Crippen LogP contribution >= 0.6 is 0 Å². The maximum Gasteiger partial charge on any atom is 0.0514 e. The number of aliphatic hydroxyl groups is 2. The van der Waals surface area contributed by atoms with E-state index < -0.39 is 0 Å². The predicted octanol–water partition coefficient (Wildman–Crippen LogP) is 2.58. The molecule has 2 bridgehead atoms.